The van der Waals surface area contributed by atoms with Crippen molar-refractivity contribution in [3.8, 4) is 0 Å². The Morgan fingerprint density at radius 2 is 2.33 bits per heavy atom. The molecular weight excluding hydrogens is 360 g/mol. The molecule has 0 amide bonds. The highest BCUT2D eigenvalue weighted by Crippen LogP contribution is 2.26. The molecule has 0 unspecified atom stereocenters. The van der Waals surface area contributed by atoms with Crippen LogP contribution in [0.25, 0.3) is 11.0 Å². The minimum Gasteiger partial charge on any atom is -0.481 e. The highest BCUT2D eigenvalue weighted by Gasteiger charge is 2.15. The Bertz CT molecular complexity index is 787. The summed E-state index contributed by atoms with van der Waals surface area (Å²) >= 11 is 4.56. The third kappa shape index (κ3) is 3.08. The van der Waals surface area contributed by atoms with E-state index in [-0.39, 0.29) is 5.75 Å². The molecule has 0 radical (unpaired) electrons. The van der Waals surface area contributed by atoms with E-state index in [1.54, 1.807) is 0 Å². The number of nitrogens with zero attached hydrogens (tertiary/aromatic N) is 4. The maximum absolute atomic E-state index is 10.8. The number of halogens is 1. The van der Waals surface area contributed by atoms with E-state index in [0.717, 1.165) is 27.3 Å². The number of carbonyl (C=O) groups is 1. The molecule has 21 heavy (non-hydrogen) atoms. The second-order valence-electron chi connectivity index (χ2n) is 4.14. The van der Waals surface area contributed by atoms with Crippen LogP contribution in [-0.4, -0.2) is 36.5 Å². The lowest BCUT2D eigenvalue weighted by molar-refractivity contribution is -0.133. The summed E-state index contributed by atoms with van der Waals surface area (Å²) in [7, 11) is 0. The molecule has 9 heteroatoms. The predicted octanol–water partition coefficient (Wildman–Crippen LogP) is 2.41. The van der Waals surface area contributed by atoms with Crippen LogP contribution in [0.1, 0.15) is 5.82 Å². The van der Waals surface area contributed by atoms with E-state index in [1.165, 1.54) is 6.39 Å². The van der Waals surface area contributed by atoms with Gasteiger partial charge in [0.15, 0.2) is 11.0 Å². The fourth-order valence-electron chi connectivity index (χ4n) is 1.87. The lowest BCUT2D eigenvalue weighted by atomic mass is 10.3. The van der Waals surface area contributed by atoms with Crippen LogP contribution in [0, 0.1) is 0 Å². The second kappa shape index (κ2) is 5.86. The Kier molecular flexibility index (Phi) is 3.93. The third-order valence-corrected chi connectivity index (χ3v) is 4.16. The van der Waals surface area contributed by atoms with Crippen molar-refractivity contribution in [3.63, 3.8) is 0 Å². The van der Waals surface area contributed by atoms with Gasteiger partial charge in [0.2, 0.25) is 6.39 Å². The van der Waals surface area contributed by atoms with E-state index in [4.69, 9.17) is 9.63 Å². The molecule has 0 aliphatic carbocycles. The quantitative estimate of drug-likeness (QED) is 0.690. The van der Waals surface area contributed by atoms with Crippen molar-refractivity contribution >= 4 is 44.7 Å². The van der Waals surface area contributed by atoms with Gasteiger partial charge in [0.25, 0.3) is 0 Å². The lowest BCUT2D eigenvalue weighted by Crippen LogP contribution is -2.05. The molecule has 0 aliphatic heterocycles. The highest BCUT2D eigenvalue weighted by atomic mass is 79.9. The molecule has 2 aromatic heterocycles. The standard InChI is InChI=1S/C12H9BrN4O3S/c13-7-1-2-9-8(3-7)15-12(21-5-11(18)19)17(9)4-10-14-6-20-16-10/h1-3,6H,4-5H2,(H,18,19). The molecule has 108 valence electrons. The number of fused-ring (bicyclic) bond motifs is 1. The van der Waals surface area contributed by atoms with E-state index in [1.807, 2.05) is 22.8 Å². The van der Waals surface area contributed by atoms with Crippen molar-refractivity contribution in [3.05, 3.63) is 34.9 Å². The van der Waals surface area contributed by atoms with E-state index >= 15 is 0 Å². The van der Waals surface area contributed by atoms with Crippen LogP contribution in [-0.2, 0) is 11.3 Å². The van der Waals surface area contributed by atoms with Crippen LogP contribution >= 0.6 is 27.7 Å². The zero-order valence-corrected chi connectivity index (χ0v) is 13.0. The monoisotopic (exact) mass is 368 g/mol. The van der Waals surface area contributed by atoms with Gasteiger partial charge >= 0.3 is 5.97 Å². The van der Waals surface area contributed by atoms with Crippen LogP contribution in [0.3, 0.4) is 0 Å². The van der Waals surface area contributed by atoms with Crippen molar-refractivity contribution in [2.45, 2.75) is 11.7 Å². The molecule has 7 nitrogen and oxygen atoms in total. The number of aliphatic carboxylic acids is 1. The van der Waals surface area contributed by atoms with Crippen LogP contribution in [0.4, 0.5) is 0 Å². The summed E-state index contributed by atoms with van der Waals surface area (Å²) in [6, 6.07) is 5.70. The molecule has 3 aromatic rings. The van der Waals surface area contributed by atoms with Crippen molar-refractivity contribution in [2.75, 3.05) is 5.75 Å². The zero-order valence-electron chi connectivity index (χ0n) is 10.6. The Hall–Kier alpha value is -1.87. The summed E-state index contributed by atoms with van der Waals surface area (Å²) in [5, 5.41) is 13.2. The van der Waals surface area contributed by atoms with E-state index in [2.05, 4.69) is 31.1 Å². The minimum absolute atomic E-state index is 0.0588. The summed E-state index contributed by atoms with van der Waals surface area (Å²) in [4.78, 5) is 19.2. The number of carboxylic acid groups (broad SMARTS) is 1. The van der Waals surface area contributed by atoms with Crippen LogP contribution in [0.2, 0.25) is 0 Å². The minimum atomic E-state index is -0.889. The largest absolute Gasteiger partial charge is 0.481 e. The van der Waals surface area contributed by atoms with Gasteiger partial charge in [-0.2, -0.15) is 4.98 Å². The van der Waals surface area contributed by atoms with Crippen LogP contribution < -0.4 is 0 Å². The van der Waals surface area contributed by atoms with Crippen molar-refractivity contribution < 1.29 is 14.4 Å². The van der Waals surface area contributed by atoms with Crippen LogP contribution in [0.5, 0.6) is 0 Å². The van der Waals surface area contributed by atoms with Crippen molar-refractivity contribution in [1.29, 1.82) is 0 Å². The smallest absolute Gasteiger partial charge is 0.313 e. The van der Waals surface area contributed by atoms with E-state index in [0.29, 0.717) is 17.5 Å². The first-order valence-electron chi connectivity index (χ1n) is 5.89. The van der Waals surface area contributed by atoms with Gasteiger partial charge in [-0.25, -0.2) is 4.98 Å². The number of hydrogen-bond donors (Lipinski definition) is 1. The lowest BCUT2D eigenvalue weighted by Gasteiger charge is -2.05. The fraction of sp³-hybridized carbons (Fsp3) is 0.167. The van der Waals surface area contributed by atoms with Gasteiger partial charge in [0, 0.05) is 4.47 Å². The molecule has 0 saturated heterocycles. The number of hydrogen-bond acceptors (Lipinski definition) is 6. The Morgan fingerprint density at radius 1 is 1.48 bits per heavy atom. The summed E-state index contributed by atoms with van der Waals surface area (Å²) < 4.78 is 7.52. The summed E-state index contributed by atoms with van der Waals surface area (Å²) in [5.41, 5.74) is 1.66. The number of benzene rings is 1. The van der Waals surface area contributed by atoms with Gasteiger partial charge < -0.3 is 14.2 Å². The predicted molar refractivity (Wildman–Crippen MR) is 79.2 cm³/mol. The molecule has 0 atom stereocenters. The summed E-state index contributed by atoms with van der Waals surface area (Å²) in [5.74, 6) is -0.440. The molecule has 0 spiro atoms. The van der Waals surface area contributed by atoms with Gasteiger partial charge in [-0.05, 0) is 18.2 Å². The molecule has 1 aromatic carbocycles. The first kappa shape index (κ1) is 14.1. The van der Waals surface area contributed by atoms with Gasteiger partial charge in [-0.15, -0.1) is 0 Å². The average Bonchev–Trinajstić information content (AvgIpc) is 3.05. The third-order valence-electron chi connectivity index (χ3n) is 2.71. The van der Waals surface area contributed by atoms with Gasteiger partial charge in [0.05, 0.1) is 23.3 Å². The number of imidazole rings is 1. The molecule has 0 bridgehead atoms. The molecule has 0 aliphatic rings. The molecule has 1 N–H and O–H groups in total. The molecule has 3 rings (SSSR count). The maximum atomic E-state index is 10.8. The number of carboxylic acids is 1. The van der Waals surface area contributed by atoms with Gasteiger partial charge in [-0.3, -0.25) is 4.79 Å². The maximum Gasteiger partial charge on any atom is 0.313 e. The second-order valence-corrected chi connectivity index (χ2v) is 6.00. The Labute approximate surface area is 131 Å². The van der Waals surface area contributed by atoms with Gasteiger partial charge in [-0.1, -0.05) is 32.8 Å². The zero-order chi connectivity index (χ0) is 14.8. The highest BCUT2D eigenvalue weighted by molar-refractivity contribution is 9.10. The topological polar surface area (TPSA) is 94.0 Å². The number of rotatable bonds is 5. The fourth-order valence-corrected chi connectivity index (χ4v) is 2.96. The Morgan fingerprint density at radius 3 is 3.05 bits per heavy atom. The number of thioether (sulfide) groups is 1. The number of aromatic nitrogens is 4. The van der Waals surface area contributed by atoms with E-state index < -0.39 is 5.97 Å². The Balaban J connectivity index is 2.03. The summed E-state index contributed by atoms with van der Waals surface area (Å²) in [6.45, 7) is 0.372. The van der Waals surface area contributed by atoms with Crippen LogP contribution in [0.15, 0.2) is 38.7 Å². The molecule has 2 heterocycles. The van der Waals surface area contributed by atoms with Crippen molar-refractivity contribution in [1.82, 2.24) is 19.7 Å². The van der Waals surface area contributed by atoms with E-state index in [9.17, 15) is 4.79 Å². The average molecular weight is 369 g/mol. The SMILES string of the molecule is O=C(O)CSc1nc2cc(Br)ccc2n1Cc1ncon1. The first-order valence-corrected chi connectivity index (χ1v) is 7.67. The van der Waals surface area contributed by atoms with Gasteiger partial charge in [0.1, 0.15) is 0 Å². The molecular formula is C12H9BrN4O3S. The van der Waals surface area contributed by atoms with Crippen molar-refractivity contribution in [2.24, 2.45) is 0 Å². The summed E-state index contributed by atoms with van der Waals surface area (Å²) in [6.07, 6.45) is 1.26. The molecule has 0 saturated carbocycles. The first-order chi connectivity index (χ1) is 10.1. The normalized spacial score (nSPS) is 11.1. The molecule has 0 fully saturated rings.